The number of aromatic nitrogens is 3. The van der Waals surface area contributed by atoms with Crippen molar-refractivity contribution in [2.75, 3.05) is 32.1 Å². The highest BCUT2D eigenvalue weighted by Gasteiger charge is 2.34. The second-order valence-corrected chi connectivity index (χ2v) is 7.31. The average molecular weight is 421 g/mol. The van der Waals surface area contributed by atoms with Gasteiger partial charge in [-0.05, 0) is 38.1 Å². The van der Waals surface area contributed by atoms with E-state index in [1.54, 1.807) is 10.7 Å². The fourth-order valence-corrected chi connectivity index (χ4v) is 3.70. The molecule has 0 unspecified atom stereocenters. The second-order valence-electron chi connectivity index (χ2n) is 7.31. The summed E-state index contributed by atoms with van der Waals surface area (Å²) in [4.78, 5) is 31.3. The first-order valence-corrected chi connectivity index (χ1v) is 9.85. The highest BCUT2D eigenvalue weighted by Crippen LogP contribution is 2.28. The smallest absolute Gasteiger partial charge is 0.337 e. The quantitative estimate of drug-likeness (QED) is 0.583. The zero-order chi connectivity index (χ0) is 22.1. The average Bonchev–Trinajstić information content (AvgIpc) is 3.26. The van der Waals surface area contributed by atoms with E-state index in [1.165, 1.54) is 12.0 Å². The minimum atomic E-state index is -0.590. The number of anilines is 1. The molecule has 0 spiro atoms. The van der Waals surface area contributed by atoms with Crippen molar-refractivity contribution in [1.82, 2.24) is 19.7 Å². The van der Waals surface area contributed by atoms with Gasteiger partial charge in [0.2, 0.25) is 0 Å². The predicted octanol–water partition coefficient (Wildman–Crippen LogP) is 1.71. The fourth-order valence-electron chi connectivity index (χ4n) is 3.70. The number of methoxy groups -OCH3 is 1. The highest BCUT2D eigenvalue weighted by molar-refractivity contribution is 6.09. The molecule has 3 aromatic rings. The SMILES string of the molecule is COC(=O)C1=C(Nc2cccc3ccc(-n4nc(C)cc4C)nc23)C(=O)N(CCO)C1. The van der Waals surface area contributed by atoms with Crippen molar-refractivity contribution < 1.29 is 19.4 Å². The molecule has 9 heteroatoms. The van der Waals surface area contributed by atoms with Crippen molar-refractivity contribution in [2.45, 2.75) is 13.8 Å². The normalized spacial score (nSPS) is 13.9. The number of aryl methyl sites for hydroxylation is 2. The van der Waals surface area contributed by atoms with Crippen LogP contribution in [0.2, 0.25) is 0 Å². The third-order valence-electron chi connectivity index (χ3n) is 5.15. The van der Waals surface area contributed by atoms with Crippen LogP contribution in [0, 0.1) is 13.8 Å². The maximum absolute atomic E-state index is 12.9. The Bertz CT molecular complexity index is 1210. The van der Waals surface area contributed by atoms with Crippen LogP contribution < -0.4 is 5.32 Å². The Balaban J connectivity index is 1.78. The summed E-state index contributed by atoms with van der Waals surface area (Å²) in [6.45, 7) is 3.87. The number of hydrogen-bond donors (Lipinski definition) is 2. The molecular formula is C22H23N5O4. The molecule has 0 radical (unpaired) electrons. The van der Waals surface area contributed by atoms with Gasteiger partial charge in [0.1, 0.15) is 5.70 Å². The molecule has 1 aliphatic rings. The Labute approximate surface area is 178 Å². The topological polar surface area (TPSA) is 110 Å². The Hall–Kier alpha value is -3.72. The van der Waals surface area contributed by atoms with Gasteiger partial charge in [-0.25, -0.2) is 14.5 Å². The van der Waals surface area contributed by atoms with E-state index in [4.69, 9.17) is 9.72 Å². The number of carbonyl (C=O) groups is 2. The number of aliphatic hydroxyl groups excluding tert-OH is 1. The van der Waals surface area contributed by atoms with Gasteiger partial charge in [0, 0.05) is 17.6 Å². The highest BCUT2D eigenvalue weighted by atomic mass is 16.5. The number of carbonyl (C=O) groups excluding carboxylic acids is 2. The molecule has 0 saturated heterocycles. The van der Waals surface area contributed by atoms with Crippen LogP contribution in [0.4, 0.5) is 5.69 Å². The number of para-hydroxylation sites is 1. The maximum atomic E-state index is 12.9. The first kappa shape index (κ1) is 20.5. The number of nitrogens with one attached hydrogen (secondary N) is 1. The summed E-state index contributed by atoms with van der Waals surface area (Å²) in [5, 5.41) is 17.7. The molecule has 1 aliphatic heterocycles. The number of β-amino-alcohol motifs (C(OH)–C–C–N with tert-alkyl or cyclic N) is 1. The number of rotatable bonds is 6. The molecule has 2 N–H and O–H groups in total. The third kappa shape index (κ3) is 3.75. The molecule has 0 saturated carbocycles. The van der Waals surface area contributed by atoms with E-state index in [2.05, 4.69) is 10.4 Å². The molecule has 2 aromatic heterocycles. The van der Waals surface area contributed by atoms with Crippen LogP contribution in [-0.4, -0.2) is 63.5 Å². The molecular weight excluding hydrogens is 398 g/mol. The lowest BCUT2D eigenvalue weighted by Gasteiger charge is -2.15. The summed E-state index contributed by atoms with van der Waals surface area (Å²) < 4.78 is 6.61. The van der Waals surface area contributed by atoms with Gasteiger partial charge in [-0.15, -0.1) is 0 Å². The lowest BCUT2D eigenvalue weighted by atomic mass is 10.1. The number of ether oxygens (including phenoxy) is 1. The third-order valence-corrected chi connectivity index (χ3v) is 5.15. The summed E-state index contributed by atoms with van der Waals surface area (Å²) in [6, 6.07) is 11.3. The number of amides is 1. The van der Waals surface area contributed by atoms with E-state index < -0.39 is 5.97 Å². The molecule has 0 fully saturated rings. The van der Waals surface area contributed by atoms with Crippen molar-refractivity contribution in [3.05, 3.63) is 59.1 Å². The number of nitrogens with zero attached hydrogens (tertiary/aromatic N) is 4. The van der Waals surface area contributed by atoms with Crippen LogP contribution >= 0.6 is 0 Å². The molecule has 31 heavy (non-hydrogen) atoms. The largest absolute Gasteiger partial charge is 0.466 e. The Kier molecular flexibility index (Phi) is 5.43. The van der Waals surface area contributed by atoms with Crippen LogP contribution in [0.15, 0.2) is 47.7 Å². The Morgan fingerprint density at radius 3 is 2.74 bits per heavy atom. The first-order chi connectivity index (χ1) is 14.9. The number of fused-ring (bicyclic) bond motifs is 1. The molecule has 9 nitrogen and oxygen atoms in total. The van der Waals surface area contributed by atoms with Crippen LogP contribution in [0.5, 0.6) is 0 Å². The zero-order valence-corrected chi connectivity index (χ0v) is 17.5. The summed E-state index contributed by atoms with van der Waals surface area (Å²) in [6.07, 6.45) is 0. The van der Waals surface area contributed by atoms with Gasteiger partial charge >= 0.3 is 5.97 Å². The van der Waals surface area contributed by atoms with E-state index in [1.807, 2.05) is 44.2 Å². The van der Waals surface area contributed by atoms with Crippen molar-refractivity contribution >= 4 is 28.5 Å². The lowest BCUT2D eigenvalue weighted by Crippen LogP contribution is -2.31. The van der Waals surface area contributed by atoms with Crippen LogP contribution in [0.25, 0.3) is 16.7 Å². The predicted molar refractivity (Wildman–Crippen MR) is 115 cm³/mol. The molecule has 3 heterocycles. The summed E-state index contributed by atoms with van der Waals surface area (Å²) in [7, 11) is 1.27. The Morgan fingerprint density at radius 2 is 2.06 bits per heavy atom. The van der Waals surface area contributed by atoms with Crippen LogP contribution in [0.1, 0.15) is 11.4 Å². The molecule has 0 atom stereocenters. The zero-order valence-electron chi connectivity index (χ0n) is 17.5. The number of aliphatic hydroxyl groups is 1. The Morgan fingerprint density at radius 1 is 1.26 bits per heavy atom. The summed E-state index contributed by atoms with van der Waals surface area (Å²) in [5.74, 6) is -0.317. The summed E-state index contributed by atoms with van der Waals surface area (Å²) in [5.41, 5.74) is 3.41. The van der Waals surface area contributed by atoms with Gasteiger partial charge in [0.25, 0.3) is 5.91 Å². The second kappa shape index (κ2) is 8.19. The standard InChI is InChI=1S/C22H23N5O4/c1-13-11-14(2)27(25-13)18-8-7-15-5-4-6-17(19(15)24-18)23-20-16(22(30)31-3)12-26(9-10-28)21(20)29/h4-8,11,23,28H,9-10,12H2,1-3H3. The molecule has 1 aromatic carbocycles. The van der Waals surface area contributed by atoms with Crippen molar-refractivity contribution in [3.8, 4) is 5.82 Å². The van der Waals surface area contributed by atoms with Gasteiger partial charge < -0.3 is 20.1 Å². The van der Waals surface area contributed by atoms with E-state index in [-0.39, 0.29) is 36.9 Å². The van der Waals surface area contributed by atoms with E-state index in [0.717, 1.165) is 16.8 Å². The van der Waals surface area contributed by atoms with E-state index >= 15 is 0 Å². The van der Waals surface area contributed by atoms with Gasteiger partial charge in [0.15, 0.2) is 5.82 Å². The molecule has 0 bridgehead atoms. The summed E-state index contributed by atoms with van der Waals surface area (Å²) >= 11 is 0. The minimum Gasteiger partial charge on any atom is -0.466 e. The van der Waals surface area contributed by atoms with Crippen LogP contribution in [-0.2, 0) is 14.3 Å². The number of pyridine rings is 1. The lowest BCUT2D eigenvalue weighted by molar-refractivity contribution is -0.136. The monoisotopic (exact) mass is 421 g/mol. The molecule has 1 amide bonds. The van der Waals surface area contributed by atoms with Gasteiger partial charge in [0.05, 0.1) is 42.7 Å². The molecule has 4 rings (SSSR count). The number of esters is 1. The first-order valence-electron chi connectivity index (χ1n) is 9.85. The number of hydrogen-bond acceptors (Lipinski definition) is 7. The van der Waals surface area contributed by atoms with Gasteiger partial charge in [-0.1, -0.05) is 12.1 Å². The minimum absolute atomic E-state index is 0.0730. The van der Waals surface area contributed by atoms with Crippen LogP contribution in [0.3, 0.4) is 0 Å². The molecule has 160 valence electrons. The fraction of sp³-hybridized carbons (Fsp3) is 0.273. The number of benzene rings is 1. The van der Waals surface area contributed by atoms with E-state index in [0.29, 0.717) is 17.0 Å². The van der Waals surface area contributed by atoms with Crippen molar-refractivity contribution in [2.24, 2.45) is 0 Å². The van der Waals surface area contributed by atoms with E-state index in [9.17, 15) is 14.7 Å². The van der Waals surface area contributed by atoms with Gasteiger partial charge in [-0.3, -0.25) is 4.79 Å². The van der Waals surface area contributed by atoms with Gasteiger partial charge in [-0.2, -0.15) is 5.10 Å². The van der Waals surface area contributed by atoms with Crippen molar-refractivity contribution in [1.29, 1.82) is 0 Å². The van der Waals surface area contributed by atoms with Crippen molar-refractivity contribution in [3.63, 3.8) is 0 Å². The maximum Gasteiger partial charge on any atom is 0.337 e. The molecule has 0 aliphatic carbocycles.